The number of hydrogen-bond acceptors (Lipinski definition) is 3. The van der Waals surface area contributed by atoms with Gasteiger partial charge in [-0.05, 0) is 68.7 Å². The molecule has 0 heterocycles. The summed E-state index contributed by atoms with van der Waals surface area (Å²) < 4.78 is 5.89. The Morgan fingerprint density at radius 1 is 1.18 bits per heavy atom. The molecule has 0 aliphatic heterocycles. The lowest BCUT2D eigenvalue weighted by atomic mass is 9.89. The first-order valence-electron chi connectivity index (χ1n) is 5.38. The molecule has 5 heteroatoms. The topological polar surface area (TPSA) is 46.5 Å². The molecule has 0 aromatic heterocycles. The number of ether oxygens (including phenoxy) is 1. The lowest BCUT2D eigenvalue weighted by molar-refractivity contribution is 0.0598. The molecule has 1 aliphatic carbocycles. The van der Waals surface area contributed by atoms with Crippen molar-refractivity contribution in [3.8, 4) is 5.75 Å². The molecule has 3 nitrogen and oxygen atoms in total. The molecule has 2 rings (SSSR count). The van der Waals surface area contributed by atoms with Crippen LogP contribution in [0.5, 0.6) is 5.75 Å². The van der Waals surface area contributed by atoms with Crippen LogP contribution in [0, 0.1) is 0 Å². The molecule has 1 aromatic rings. The zero-order chi connectivity index (χ0) is 12.6. The van der Waals surface area contributed by atoms with Crippen LogP contribution < -0.4 is 0 Å². The third-order valence-corrected chi connectivity index (χ3v) is 4.70. The van der Waals surface area contributed by atoms with Crippen molar-refractivity contribution in [2.24, 2.45) is 0 Å². The van der Waals surface area contributed by atoms with Gasteiger partial charge in [0.15, 0.2) is 0 Å². The van der Waals surface area contributed by atoms with Crippen LogP contribution in [-0.4, -0.2) is 18.2 Å². The Kier molecular flexibility index (Phi) is 3.78. The highest BCUT2D eigenvalue weighted by Crippen LogP contribution is 2.43. The van der Waals surface area contributed by atoms with Gasteiger partial charge >= 0.3 is 5.97 Å². The van der Waals surface area contributed by atoms with E-state index in [2.05, 4.69) is 31.9 Å². The lowest BCUT2D eigenvalue weighted by Crippen LogP contribution is -2.11. The van der Waals surface area contributed by atoms with Crippen molar-refractivity contribution in [3.63, 3.8) is 0 Å². The number of carbonyl (C=O) groups is 1. The van der Waals surface area contributed by atoms with Gasteiger partial charge in [-0.3, -0.25) is 0 Å². The molecule has 0 atom stereocenters. The van der Waals surface area contributed by atoms with Gasteiger partial charge < -0.3 is 9.84 Å². The number of carbonyl (C=O) groups excluding carboxylic acids is 1. The second-order valence-corrected chi connectivity index (χ2v) is 5.59. The first-order chi connectivity index (χ1) is 8.07. The zero-order valence-electron chi connectivity index (χ0n) is 9.35. The predicted octanol–water partition coefficient (Wildman–Crippen LogP) is 3.58. The number of benzene rings is 1. The Morgan fingerprint density at radius 2 is 1.76 bits per heavy atom. The zero-order valence-corrected chi connectivity index (χ0v) is 12.5. The summed E-state index contributed by atoms with van der Waals surface area (Å²) in [4.78, 5) is 11.7. The van der Waals surface area contributed by atoms with E-state index >= 15 is 0 Å². The fourth-order valence-electron chi connectivity index (χ4n) is 2.19. The fraction of sp³-hybridized carbons (Fsp3) is 0.417. The minimum absolute atomic E-state index is 0.170. The van der Waals surface area contributed by atoms with Crippen LogP contribution in [0.2, 0.25) is 0 Å². The minimum Gasteiger partial charge on any atom is -0.506 e. The van der Waals surface area contributed by atoms with Crippen LogP contribution in [-0.2, 0) is 17.6 Å². The normalized spacial score (nSPS) is 14.3. The molecule has 0 amide bonds. The van der Waals surface area contributed by atoms with Gasteiger partial charge in [-0.2, -0.15) is 0 Å². The van der Waals surface area contributed by atoms with Gasteiger partial charge in [0.05, 0.1) is 17.1 Å². The number of hydrogen-bond donors (Lipinski definition) is 1. The van der Waals surface area contributed by atoms with E-state index in [0.29, 0.717) is 10.0 Å². The van der Waals surface area contributed by atoms with Crippen molar-refractivity contribution in [1.82, 2.24) is 0 Å². The van der Waals surface area contributed by atoms with Crippen molar-refractivity contribution in [3.05, 3.63) is 25.6 Å². The summed E-state index contributed by atoms with van der Waals surface area (Å²) in [5, 5.41) is 10.1. The summed E-state index contributed by atoms with van der Waals surface area (Å²) in [6, 6.07) is 0. The van der Waals surface area contributed by atoms with Gasteiger partial charge in [0.1, 0.15) is 5.75 Å². The van der Waals surface area contributed by atoms with Gasteiger partial charge in [0, 0.05) is 4.47 Å². The SMILES string of the molecule is COC(=O)c1c(Br)c(O)c2c(c1Br)CCCC2. The highest BCUT2D eigenvalue weighted by Gasteiger charge is 2.26. The summed E-state index contributed by atoms with van der Waals surface area (Å²) in [6.07, 6.45) is 3.87. The molecule has 0 saturated heterocycles. The van der Waals surface area contributed by atoms with Crippen LogP contribution in [0.3, 0.4) is 0 Å². The molecule has 0 fully saturated rings. The van der Waals surface area contributed by atoms with Crippen molar-refractivity contribution in [2.75, 3.05) is 7.11 Å². The number of esters is 1. The molecule has 17 heavy (non-hydrogen) atoms. The van der Waals surface area contributed by atoms with E-state index in [0.717, 1.165) is 41.3 Å². The van der Waals surface area contributed by atoms with Gasteiger partial charge in [0.25, 0.3) is 0 Å². The number of methoxy groups -OCH3 is 1. The smallest absolute Gasteiger partial charge is 0.340 e. The van der Waals surface area contributed by atoms with Crippen LogP contribution in [0.15, 0.2) is 8.95 Å². The fourth-order valence-corrected chi connectivity index (χ4v) is 3.85. The van der Waals surface area contributed by atoms with Gasteiger partial charge in [-0.1, -0.05) is 0 Å². The van der Waals surface area contributed by atoms with E-state index < -0.39 is 5.97 Å². The van der Waals surface area contributed by atoms with E-state index in [1.165, 1.54) is 7.11 Å². The maximum absolute atomic E-state index is 11.7. The maximum atomic E-state index is 11.7. The highest BCUT2D eigenvalue weighted by molar-refractivity contribution is 9.11. The molecular weight excluding hydrogens is 352 g/mol. The molecule has 0 radical (unpaired) electrons. The van der Waals surface area contributed by atoms with Crippen molar-refractivity contribution in [2.45, 2.75) is 25.7 Å². The van der Waals surface area contributed by atoms with E-state index in [4.69, 9.17) is 4.74 Å². The highest BCUT2D eigenvalue weighted by atomic mass is 79.9. The molecular formula is C12H12Br2O3. The number of rotatable bonds is 1. The largest absolute Gasteiger partial charge is 0.506 e. The molecule has 0 saturated carbocycles. The number of halogens is 2. The molecule has 1 aliphatic rings. The van der Waals surface area contributed by atoms with E-state index in [-0.39, 0.29) is 5.75 Å². The summed E-state index contributed by atoms with van der Waals surface area (Å²) in [5.41, 5.74) is 2.32. The summed E-state index contributed by atoms with van der Waals surface area (Å²) in [5.74, 6) is -0.282. The molecule has 0 spiro atoms. The molecule has 1 N–H and O–H groups in total. The van der Waals surface area contributed by atoms with Crippen molar-refractivity contribution < 1.29 is 14.6 Å². The Hall–Kier alpha value is -0.550. The molecule has 0 unspecified atom stereocenters. The lowest BCUT2D eigenvalue weighted by Gasteiger charge is -2.21. The van der Waals surface area contributed by atoms with Crippen molar-refractivity contribution in [1.29, 1.82) is 0 Å². The van der Waals surface area contributed by atoms with Crippen molar-refractivity contribution >= 4 is 37.8 Å². The van der Waals surface area contributed by atoms with Gasteiger partial charge in [0.2, 0.25) is 0 Å². The first-order valence-corrected chi connectivity index (χ1v) is 6.96. The average molecular weight is 364 g/mol. The maximum Gasteiger partial charge on any atom is 0.340 e. The Morgan fingerprint density at radius 3 is 2.35 bits per heavy atom. The number of phenolic OH excluding ortho intramolecular Hbond substituents is 1. The van der Waals surface area contributed by atoms with Gasteiger partial charge in [-0.15, -0.1) is 0 Å². The Balaban J connectivity index is 2.70. The quantitative estimate of drug-likeness (QED) is 0.775. The van der Waals surface area contributed by atoms with Crippen LogP contribution in [0.1, 0.15) is 34.3 Å². The molecule has 92 valence electrons. The average Bonchev–Trinajstić information content (AvgIpc) is 2.36. The second kappa shape index (κ2) is 4.98. The van der Waals surface area contributed by atoms with Crippen LogP contribution >= 0.6 is 31.9 Å². The van der Waals surface area contributed by atoms with Gasteiger partial charge in [-0.25, -0.2) is 4.79 Å². The summed E-state index contributed by atoms with van der Waals surface area (Å²) in [6.45, 7) is 0. The van der Waals surface area contributed by atoms with Crippen LogP contribution in [0.25, 0.3) is 0 Å². The van der Waals surface area contributed by atoms with E-state index in [1.807, 2.05) is 0 Å². The number of phenols is 1. The van der Waals surface area contributed by atoms with E-state index in [1.54, 1.807) is 0 Å². The summed E-state index contributed by atoms with van der Waals surface area (Å²) >= 11 is 6.72. The third-order valence-electron chi connectivity index (χ3n) is 3.06. The van der Waals surface area contributed by atoms with Crippen LogP contribution in [0.4, 0.5) is 0 Å². The Bertz CT molecular complexity index is 483. The number of fused-ring (bicyclic) bond motifs is 1. The first kappa shape index (κ1) is 12.9. The standard InChI is InChI=1S/C12H12Br2O3/c1-17-12(16)8-9(13)6-4-2-3-5-7(6)11(15)10(8)14/h15H,2-5H2,1H3. The minimum atomic E-state index is -0.451. The second-order valence-electron chi connectivity index (χ2n) is 4.01. The molecule has 1 aromatic carbocycles. The Labute approximate surface area is 116 Å². The monoisotopic (exact) mass is 362 g/mol. The molecule has 0 bridgehead atoms. The summed E-state index contributed by atoms with van der Waals surface area (Å²) in [7, 11) is 1.33. The van der Waals surface area contributed by atoms with E-state index in [9.17, 15) is 9.90 Å². The number of aromatic hydroxyl groups is 1. The predicted molar refractivity (Wildman–Crippen MR) is 71.5 cm³/mol. The third kappa shape index (κ3) is 2.10.